The van der Waals surface area contributed by atoms with Crippen LogP contribution in [0.5, 0.6) is 0 Å². The number of fused-ring (bicyclic) bond motifs is 1. The Hall–Kier alpha value is -2.49. The fourth-order valence-electron chi connectivity index (χ4n) is 1.80. The highest BCUT2D eigenvalue weighted by Crippen LogP contribution is 2.26. The molecule has 2 aromatic rings. The molecule has 96 valence electrons. The number of Topliss-reactive ketones (excluding diaryl/α,β-unsaturated/α-hetero) is 1. The minimum atomic E-state index is -0.316. The van der Waals surface area contributed by atoms with Crippen LogP contribution in [0.3, 0.4) is 0 Å². The molecule has 4 heteroatoms. The van der Waals surface area contributed by atoms with E-state index in [0.29, 0.717) is 5.69 Å². The van der Waals surface area contributed by atoms with Crippen molar-refractivity contribution >= 4 is 22.2 Å². The van der Waals surface area contributed by atoms with Crippen LogP contribution in [-0.2, 0) is 4.79 Å². The average Bonchev–Trinajstić information content (AvgIpc) is 2.38. The van der Waals surface area contributed by atoms with Crippen molar-refractivity contribution in [1.29, 1.82) is 0 Å². The van der Waals surface area contributed by atoms with Gasteiger partial charge in [-0.1, -0.05) is 36.4 Å². The van der Waals surface area contributed by atoms with Gasteiger partial charge in [-0.05, 0) is 18.4 Å². The molecule has 0 bridgehead atoms. The molecule has 19 heavy (non-hydrogen) atoms. The van der Waals surface area contributed by atoms with E-state index in [9.17, 15) is 9.90 Å². The van der Waals surface area contributed by atoms with Gasteiger partial charge < -0.3 is 5.11 Å². The summed E-state index contributed by atoms with van der Waals surface area (Å²) in [6, 6.07) is 13.5. The Labute approximate surface area is 111 Å². The van der Waals surface area contributed by atoms with E-state index in [1.165, 1.54) is 13.8 Å². The molecule has 0 radical (unpaired) electrons. The number of benzene rings is 2. The van der Waals surface area contributed by atoms with Crippen LogP contribution in [0.25, 0.3) is 10.8 Å². The summed E-state index contributed by atoms with van der Waals surface area (Å²) < 4.78 is 0. The number of aliphatic hydroxyl groups excluding tert-OH is 1. The van der Waals surface area contributed by atoms with Gasteiger partial charge in [0.05, 0.1) is 5.69 Å². The van der Waals surface area contributed by atoms with E-state index in [4.69, 9.17) is 0 Å². The molecular weight excluding hydrogens is 240 g/mol. The summed E-state index contributed by atoms with van der Waals surface area (Å²) in [5, 5.41) is 19.3. The first-order valence-electron chi connectivity index (χ1n) is 5.90. The lowest BCUT2D eigenvalue weighted by atomic mass is 10.1. The minimum absolute atomic E-state index is 0.0204. The van der Waals surface area contributed by atoms with Crippen LogP contribution < -0.4 is 0 Å². The molecule has 0 fully saturated rings. The number of rotatable bonds is 3. The monoisotopic (exact) mass is 254 g/mol. The van der Waals surface area contributed by atoms with Gasteiger partial charge in [-0.25, -0.2) is 0 Å². The summed E-state index contributed by atoms with van der Waals surface area (Å²) >= 11 is 0. The first-order chi connectivity index (χ1) is 9.09. The maximum Gasteiger partial charge on any atom is 0.183 e. The average molecular weight is 254 g/mol. The number of carbonyl (C=O) groups is 1. The SMILES string of the molecule is CC(=O)/C(N=Nc1cccc2ccccc12)=C(\C)O. The van der Waals surface area contributed by atoms with Crippen LogP contribution in [0.4, 0.5) is 5.69 Å². The second-order valence-electron chi connectivity index (χ2n) is 4.19. The summed E-state index contributed by atoms with van der Waals surface area (Å²) in [6.45, 7) is 2.76. The number of azo groups is 1. The van der Waals surface area contributed by atoms with E-state index < -0.39 is 0 Å². The van der Waals surface area contributed by atoms with Crippen molar-refractivity contribution in [3.63, 3.8) is 0 Å². The lowest BCUT2D eigenvalue weighted by molar-refractivity contribution is -0.113. The first kappa shape index (κ1) is 13.0. The van der Waals surface area contributed by atoms with Crippen molar-refractivity contribution in [1.82, 2.24) is 0 Å². The largest absolute Gasteiger partial charge is 0.510 e. The Morgan fingerprint density at radius 1 is 1.05 bits per heavy atom. The first-order valence-corrected chi connectivity index (χ1v) is 5.90. The second kappa shape index (κ2) is 5.44. The predicted molar refractivity (Wildman–Crippen MR) is 74.5 cm³/mol. The topological polar surface area (TPSA) is 62.0 Å². The number of aliphatic hydroxyl groups is 1. The van der Waals surface area contributed by atoms with E-state index in [2.05, 4.69) is 10.2 Å². The molecule has 0 heterocycles. The number of nitrogens with zero attached hydrogens (tertiary/aromatic N) is 2. The van der Waals surface area contributed by atoms with Crippen LogP contribution in [-0.4, -0.2) is 10.9 Å². The maximum absolute atomic E-state index is 11.3. The third-order valence-electron chi connectivity index (χ3n) is 2.70. The van der Waals surface area contributed by atoms with E-state index in [1.807, 2.05) is 42.5 Å². The molecule has 0 aliphatic carbocycles. The quantitative estimate of drug-likeness (QED) is 0.504. The Bertz CT molecular complexity index is 678. The number of hydrogen-bond donors (Lipinski definition) is 1. The number of hydrogen-bond acceptors (Lipinski definition) is 4. The van der Waals surface area contributed by atoms with Crippen molar-refractivity contribution < 1.29 is 9.90 Å². The van der Waals surface area contributed by atoms with Gasteiger partial charge in [-0.15, -0.1) is 10.2 Å². The highest BCUT2D eigenvalue weighted by molar-refractivity contribution is 5.94. The van der Waals surface area contributed by atoms with E-state index in [0.717, 1.165) is 10.8 Å². The highest BCUT2D eigenvalue weighted by Gasteiger charge is 2.07. The fraction of sp³-hybridized carbons (Fsp3) is 0.133. The van der Waals surface area contributed by atoms with Gasteiger partial charge in [0, 0.05) is 12.3 Å². The van der Waals surface area contributed by atoms with Gasteiger partial charge in [-0.2, -0.15) is 0 Å². The summed E-state index contributed by atoms with van der Waals surface area (Å²) in [7, 11) is 0. The normalized spacial score (nSPS) is 12.7. The van der Waals surface area contributed by atoms with Gasteiger partial charge in [0.2, 0.25) is 0 Å². The highest BCUT2D eigenvalue weighted by atomic mass is 16.3. The van der Waals surface area contributed by atoms with Crippen LogP contribution in [0.1, 0.15) is 13.8 Å². The summed E-state index contributed by atoms with van der Waals surface area (Å²) in [5.41, 5.74) is 0.644. The molecule has 2 rings (SSSR count). The molecule has 0 amide bonds. The minimum Gasteiger partial charge on any atom is -0.510 e. The molecule has 4 nitrogen and oxygen atoms in total. The van der Waals surface area contributed by atoms with E-state index >= 15 is 0 Å². The molecule has 0 unspecified atom stereocenters. The molecule has 0 aliphatic rings. The smallest absolute Gasteiger partial charge is 0.183 e. The van der Waals surface area contributed by atoms with Gasteiger partial charge in [0.1, 0.15) is 5.76 Å². The zero-order valence-electron chi connectivity index (χ0n) is 10.8. The fourth-order valence-corrected chi connectivity index (χ4v) is 1.80. The number of allylic oxidation sites excluding steroid dienone is 2. The van der Waals surface area contributed by atoms with Gasteiger partial charge in [0.15, 0.2) is 11.5 Å². The Morgan fingerprint density at radius 2 is 1.74 bits per heavy atom. The van der Waals surface area contributed by atoms with Crippen LogP contribution >= 0.6 is 0 Å². The predicted octanol–water partition coefficient (Wildman–Crippen LogP) is 4.30. The molecule has 1 N–H and O–H groups in total. The van der Waals surface area contributed by atoms with E-state index in [-0.39, 0.29) is 17.2 Å². The molecular formula is C15H14N2O2. The third kappa shape index (κ3) is 2.85. The Balaban J connectivity index is 2.47. The van der Waals surface area contributed by atoms with Crippen molar-refractivity contribution in [2.45, 2.75) is 13.8 Å². The van der Waals surface area contributed by atoms with Gasteiger partial charge in [-0.3, -0.25) is 4.79 Å². The zero-order chi connectivity index (χ0) is 13.8. The summed E-state index contributed by atoms with van der Waals surface area (Å²) in [6.07, 6.45) is 0. The molecule has 0 saturated carbocycles. The molecule has 0 aromatic heterocycles. The summed E-state index contributed by atoms with van der Waals surface area (Å²) in [5.74, 6) is -0.444. The van der Waals surface area contributed by atoms with Crippen molar-refractivity contribution in [2.75, 3.05) is 0 Å². The molecule has 0 atom stereocenters. The second-order valence-corrected chi connectivity index (χ2v) is 4.19. The molecule has 2 aromatic carbocycles. The van der Waals surface area contributed by atoms with Crippen LogP contribution in [0.2, 0.25) is 0 Å². The lowest BCUT2D eigenvalue weighted by Crippen LogP contribution is -1.96. The molecule has 0 saturated heterocycles. The van der Waals surface area contributed by atoms with Crippen molar-refractivity contribution in [3.05, 3.63) is 53.9 Å². The lowest BCUT2D eigenvalue weighted by Gasteiger charge is -2.01. The van der Waals surface area contributed by atoms with Crippen LogP contribution in [0, 0.1) is 0 Å². The molecule has 0 spiro atoms. The Morgan fingerprint density at radius 3 is 2.42 bits per heavy atom. The zero-order valence-corrected chi connectivity index (χ0v) is 10.8. The van der Waals surface area contributed by atoms with Gasteiger partial charge in [0.25, 0.3) is 0 Å². The van der Waals surface area contributed by atoms with Crippen LogP contribution in [0.15, 0.2) is 64.1 Å². The molecule has 0 aliphatic heterocycles. The number of ketones is 1. The third-order valence-corrected chi connectivity index (χ3v) is 2.70. The Kier molecular flexibility index (Phi) is 3.71. The number of carbonyl (C=O) groups excluding carboxylic acids is 1. The standard InChI is InChI=1S/C15H14N2O2/c1-10(18)15(11(2)19)17-16-14-9-5-7-12-6-3-4-8-13(12)14/h3-9,18H,1-2H3/b15-10-,17-16?. The van der Waals surface area contributed by atoms with Crippen molar-refractivity contribution in [2.24, 2.45) is 10.2 Å². The van der Waals surface area contributed by atoms with E-state index in [1.54, 1.807) is 0 Å². The van der Waals surface area contributed by atoms with Gasteiger partial charge >= 0.3 is 0 Å². The van der Waals surface area contributed by atoms with Crippen molar-refractivity contribution in [3.8, 4) is 0 Å². The maximum atomic E-state index is 11.3. The summed E-state index contributed by atoms with van der Waals surface area (Å²) in [4.78, 5) is 11.3.